The summed E-state index contributed by atoms with van der Waals surface area (Å²) < 4.78 is 16.0. The summed E-state index contributed by atoms with van der Waals surface area (Å²) in [5.74, 6) is -1.82. The number of rotatable bonds is 5. The lowest BCUT2D eigenvalue weighted by Gasteiger charge is -2.05. The Bertz CT molecular complexity index is 1270. The van der Waals surface area contributed by atoms with Crippen LogP contribution in [0.4, 0.5) is 10.2 Å². The Kier molecular flexibility index (Phi) is 5.20. The second-order valence-electron chi connectivity index (χ2n) is 6.61. The first kappa shape index (κ1) is 19.6. The number of para-hydroxylation sites is 1. The second kappa shape index (κ2) is 7.96. The highest BCUT2D eigenvalue weighted by molar-refractivity contribution is 6.30. The third-order valence-corrected chi connectivity index (χ3v) is 4.80. The molecule has 6 nitrogen and oxygen atoms in total. The lowest BCUT2D eigenvalue weighted by Crippen LogP contribution is -2.13. The molecule has 150 valence electrons. The number of carboxylic acids is 1. The first-order valence-electron chi connectivity index (χ1n) is 8.96. The minimum absolute atomic E-state index is 0.0740. The number of benzene rings is 3. The van der Waals surface area contributed by atoms with Gasteiger partial charge in [-0.1, -0.05) is 29.8 Å². The van der Waals surface area contributed by atoms with Crippen molar-refractivity contribution in [1.29, 1.82) is 0 Å². The normalized spacial score (nSPS) is 10.9. The van der Waals surface area contributed by atoms with E-state index in [0.717, 1.165) is 5.56 Å². The molecule has 2 N–H and O–H groups in total. The number of halogens is 2. The van der Waals surface area contributed by atoms with Crippen LogP contribution in [0.25, 0.3) is 10.9 Å². The van der Waals surface area contributed by atoms with Crippen LogP contribution in [0, 0.1) is 5.82 Å². The average molecular weight is 424 g/mol. The number of carbonyl (C=O) groups excluding carboxylic acids is 1. The Labute approximate surface area is 175 Å². The molecule has 1 amide bonds. The van der Waals surface area contributed by atoms with Gasteiger partial charge in [0.25, 0.3) is 5.91 Å². The third-order valence-electron chi connectivity index (χ3n) is 4.57. The van der Waals surface area contributed by atoms with Crippen LogP contribution >= 0.6 is 11.6 Å². The lowest BCUT2D eigenvalue weighted by atomic mass is 10.1. The fraction of sp³-hybridized carbons (Fsp3) is 0.0455. The monoisotopic (exact) mass is 423 g/mol. The smallest absolute Gasteiger partial charge is 0.335 e. The highest BCUT2D eigenvalue weighted by atomic mass is 35.5. The Morgan fingerprint density at radius 1 is 1.03 bits per heavy atom. The number of carbonyl (C=O) groups is 2. The van der Waals surface area contributed by atoms with Crippen molar-refractivity contribution in [2.45, 2.75) is 6.54 Å². The molecule has 0 aliphatic carbocycles. The van der Waals surface area contributed by atoms with Gasteiger partial charge in [0, 0.05) is 16.0 Å². The van der Waals surface area contributed by atoms with Gasteiger partial charge in [0.05, 0.1) is 12.1 Å². The molecule has 8 heteroatoms. The maximum absolute atomic E-state index is 14.6. The van der Waals surface area contributed by atoms with E-state index in [2.05, 4.69) is 10.4 Å². The zero-order valence-corrected chi connectivity index (χ0v) is 16.2. The molecule has 1 aromatic heterocycles. The topological polar surface area (TPSA) is 84.2 Å². The Morgan fingerprint density at radius 2 is 1.73 bits per heavy atom. The number of hydrogen-bond acceptors (Lipinski definition) is 3. The molecule has 0 saturated carbocycles. The van der Waals surface area contributed by atoms with Crippen LogP contribution in [-0.2, 0) is 6.54 Å². The number of carboxylic acid groups (broad SMARTS) is 1. The van der Waals surface area contributed by atoms with Crippen molar-refractivity contribution >= 4 is 40.2 Å². The maximum Gasteiger partial charge on any atom is 0.335 e. The molecule has 0 unspecified atom stereocenters. The van der Waals surface area contributed by atoms with E-state index in [1.807, 2.05) is 6.07 Å². The molecule has 4 aromatic rings. The first-order chi connectivity index (χ1) is 14.4. The Hall–Kier alpha value is -3.71. The highest BCUT2D eigenvalue weighted by Crippen LogP contribution is 2.27. The van der Waals surface area contributed by atoms with Crippen LogP contribution in [0.2, 0.25) is 5.02 Å². The molecule has 0 bridgehead atoms. The van der Waals surface area contributed by atoms with Gasteiger partial charge >= 0.3 is 5.97 Å². The lowest BCUT2D eigenvalue weighted by molar-refractivity contribution is 0.0696. The number of aromatic nitrogens is 2. The van der Waals surface area contributed by atoms with E-state index >= 15 is 0 Å². The molecule has 0 aliphatic heterocycles. The molecule has 0 saturated heterocycles. The van der Waals surface area contributed by atoms with Gasteiger partial charge in [-0.2, -0.15) is 5.10 Å². The van der Waals surface area contributed by atoms with Crippen LogP contribution in [0.3, 0.4) is 0 Å². The van der Waals surface area contributed by atoms with Crippen molar-refractivity contribution in [2.24, 2.45) is 0 Å². The Morgan fingerprint density at radius 3 is 2.43 bits per heavy atom. The summed E-state index contributed by atoms with van der Waals surface area (Å²) in [5, 5.41) is 17.1. The number of aromatic carboxylic acids is 1. The molecule has 0 spiro atoms. The second-order valence-corrected chi connectivity index (χ2v) is 7.05. The standard InChI is InChI=1S/C22H15ClFN3O3/c23-16-4-1-3-13(11-16)12-27-19-17(5-2-6-18(19)24)20(26-27)25-21(28)14-7-9-15(10-8-14)22(29)30/h1-11H,12H2,(H,29,30)(H,25,26,28). The molecule has 1 heterocycles. The number of fused-ring (bicyclic) bond motifs is 1. The summed E-state index contributed by atoms with van der Waals surface area (Å²) in [7, 11) is 0. The van der Waals surface area contributed by atoms with E-state index in [4.69, 9.17) is 16.7 Å². The predicted octanol–water partition coefficient (Wildman–Crippen LogP) is 4.83. The van der Waals surface area contributed by atoms with Crippen molar-refractivity contribution in [2.75, 3.05) is 5.32 Å². The zero-order chi connectivity index (χ0) is 21.3. The van der Waals surface area contributed by atoms with Gasteiger partial charge in [-0.05, 0) is 54.1 Å². The summed E-state index contributed by atoms with van der Waals surface area (Å²) in [4.78, 5) is 23.6. The number of nitrogens with zero attached hydrogens (tertiary/aromatic N) is 2. The summed E-state index contributed by atoms with van der Waals surface area (Å²) >= 11 is 6.04. The first-order valence-corrected chi connectivity index (χ1v) is 9.34. The fourth-order valence-corrected chi connectivity index (χ4v) is 3.37. The summed E-state index contributed by atoms with van der Waals surface area (Å²) in [5.41, 5.74) is 1.42. The molecular weight excluding hydrogens is 409 g/mol. The van der Waals surface area contributed by atoms with E-state index in [9.17, 15) is 14.0 Å². The van der Waals surface area contributed by atoms with Gasteiger partial charge in [0.2, 0.25) is 0 Å². The molecule has 0 aliphatic rings. The molecule has 4 rings (SSSR count). The molecule has 30 heavy (non-hydrogen) atoms. The van der Waals surface area contributed by atoms with E-state index < -0.39 is 17.7 Å². The van der Waals surface area contributed by atoms with Crippen LogP contribution in [0.15, 0.2) is 66.7 Å². The van der Waals surface area contributed by atoms with Crippen molar-refractivity contribution < 1.29 is 19.1 Å². The largest absolute Gasteiger partial charge is 0.478 e. The summed E-state index contributed by atoms with van der Waals surface area (Å²) in [6.45, 7) is 0.265. The van der Waals surface area contributed by atoms with Crippen molar-refractivity contribution in [1.82, 2.24) is 9.78 Å². The van der Waals surface area contributed by atoms with E-state index in [1.165, 1.54) is 35.0 Å². The summed E-state index contributed by atoms with van der Waals surface area (Å²) in [6, 6.07) is 17.2. The van der Waals surface area contributed by atoms with Gasteiger partial charge in [-0.3, -0.25) is 9.48 Å². The van der Waals surface area contributed by atoms with E-state index in [-0.39, 0.29) is 29.0 Å². The van der Waals surface area contributed by atoms with Crippen molar-refractivity contribution in [3.05, 3.63) is 94.3 Å². The average Bonchev–Trinajstić information content (AvgIpc) is 3.06. The minimum Gasteiger partial charge on any atom is -0.478 e. The van der Waals surface area contributed by atoms with Crippen molar-refractivity contribution in [3.8, 4) is 0 Å². The number of nitrogens with one attached hydrogen (secondary N) is 1. The van der Waals surface area contributed by atoms with Gasteiger partial charge in [-0.25, -0.2) is 9.18 Å². The van der Waals surface area contributed by atoms with Crippen LogP contribution in [0.5, 0.6) is 0 Å². The van der Waals surface area contributed by atoms with Gasteiger partial charge in [-0.15, -0.1) is 0 Å². The van der Waals surface area contributed by atoms with Crippen LogP contribution in [0.1, 0.15) is 26.3 Å². The predicted molar refractivity (Wildman–Crippen MR) is 112 cm³/mol. The Balaban J connectivity index is 1.68. The SMILES string of the molecule is O=C(O)c1ccc(C(=O)Nc2nn(Cc3cccc(Cl)c3)c3c(F)cccc23)cc1. The van der Waals surface area contributed by atoms with E-state index in [0.29, 0.717) is 10.4 Å². The van der Waals surface area contributed by atoms with Gasteiger partial charge < -0.3 is 10.4 Å². The number of hydrogen-bond donors (Lipinski definition) is 2. The molecule has 0 radical (unpaired) electrons. The molecule has 3 aromatic carbocycles. The fourth-order valence-electron chi connectivity index (χ4n) is 3.15. The summed E-state index contributed by atoms with van der Waals surface area (Å²) in [6.07, 6.45) is 0. The van der Waals surface area contributed by atoms with Crippen molar-refractivity contribution in [3.63, 3.8) is 0 Å². The zero-order valence-electron chi connectivity index (χ0n) is 15.5. The quantitative estimate of drug-likeness (QED) is 0.481. The molecule has 0 atom stereocenters. The minimum atomic E-state index is -1.08. The number of amides is 1. The van der Waals surface area contributed by atoms with Crippen LogP contribution in [-0.4, -0.2) is 26.8 Å². The molecular formula is C22H15ClFN3O3. The molecule has 0 fully saturated rings. The van der Waals surface area contributed by atoms with Gasteiger partial charge in [0.15, 0.2) is 5.82 Å². The number of anilines is 1. The maximum atomic E-state index is 14.6. The van der Waals surface area contributed by atoms with Crippen LogP contribution < -0.4 is 5.32 Å². The van der Waals surface area contributed by atoms with E-state index in [1.54, 1.807) is 30.3 Å². The third kappa shape index (κ3) is 3.88. The highest BCUT2D eigenvalue weighted by Gasteiger charge is 2.17. The van der Waals surface area contributed by atoms with Gasteiger partial charge in [0.1, 0.15) is 11.3 Å².